The normalized spacial score (nSPS) is 11.5. The highest BCUT2D eigenvalue weighted by Gasteiger charge is 2.21. The Morgan fingerprint density at radius 2 is 0.902 bits per heavy atom. The Kier molecular flexibility index (Phi) is 6.81. The van der Waals surface area contributed by atoms with Crippen LogP contribution < -0.4 is 4.90 Å². The number of hydrogen-bond donors (Lipinski definition) is 0. The van der Waals surface area contributed by atoms with Crippen molar-refractivity contribution >= 4 is 60.8 Å². The van der Waals surface area contributed by atoms with Crippen molar-refractivity contribution in [3.63, 3.8) is 0 Å². The average molecular weight is 653 g/mol. The highest BCUT2D eigenvalue weighted by Crippen LogP contribution is 2.45. The lowest BCUT2D eigenvalue weighted by Crippen LogP contribution is -2.11. The molecule has 3 nitrogen and oxygen atoms in total. The maximum Gasteiger partial charge on any atom is 0.137 e. The highest BCUT2D eigenvalue weighted by atomic mass is 16.3. The molecule has 0 unspecified atom stereocenters. The molecule has 0 bridgehead atoms. The minimum atomic E-state index is 0.864. The van der Waals surface area contributed by atoms with Crippen LogP contribution >= 0.6 is 0 Å². The lowest BCUT2D eigenvalue weighted by molar-refractivity contribution is 0.669. The van der Waals surface area contributed by atoms with Crippen LogP contribution in [0, 0.1) is 0 Å². The van der Waals surface area contributed by atoms with Crippen molar-refractivity contribution in [2.24, 2.45) is 0 Å². The van der Waals surface area contributed by atoms with Gasteiger partial charge in [-0.25, -0.2) is 0 Å². The summed E-state index contributed by atoms with van der Waals surface area (Å²) in [6.07, 6.45) is 0. The molecule has 3 heteroatoms. The predicted molar refractivity (Wildman–Crippen MR) is 214 cm³/mol. The molecule has 0 fully saturated rings. The van der Waals surface area contributed by atoms with Crippen molar-refractivity contribution in [1.82, 2.24) is 4.57 Å². The average Bonchev–Trinajstić information content (AvgIpc) is 3.75. The fourth-order valence-corrected chi connectivity index (χ4v) is 7.66. The van der Waals surface area contributed by atoms with Crippen LogP contribution in [-0.2, 0) is 0 Å². The van der Waals surface area contributed by atoms with E-state index < -0.39 is 0 Å². The second-order valence-corrected chi connectivity index (χ2v) is 13.0. The van der Waals surface area contributed by atoms with Gasteiger partial charge in [0.05, 0.1) is 22.1 Å². The molecule has 0 aliphatic heterocycles. The fraction of sp³-hybridized carbons (Fsp3) is 0. The number of hydrogen-bond acceptors (Lipinski definition) is 2. The summed E-state index contributed by atoms with van der Waals surface area (Å²) in [4.78, 5) is 2.39. The number of benzene rings is 8. The molecule has 0 aliphatic carbocycles. The van der Waals surface area contributed by atoms with Crippen LogP contribution in [0.15, 0.2) is 199 Å². The van der Waals surface area contributed by atoms with E-state index in [2.05, 4.69) is 191 Å². The summed E-state index contributed by atoms with van der Waals surface area (Å²) in [7, 11) is 0. The number of aromatic nitrogens is 1. The molecule has 0 radical (unpaired) electrons. The summed E-state index contributed by atoms with van der Waals surface area (Å²) in [5.41, 5.74) is 13.1. The summed E-state index contributed by atoms with van der Waals surface area (Å²) in [6.45, 7) is 0. The van der Waals surface area contributed by atoms with Crippen LogP contribution in [0.25, 0.3) is 71.7 Å². The molecule has 0 N–H and O–H groups in total. The second kappa shape index (κ2) is 11.9. The van der Waals surface area contributed by atoms with Crippen molar-refractivity contribution in [3.8, 4) is 27.9 Å². The SMILES string of the molecule is c1ccc(-c2cc(-c3ccccc3)cc(N(c3ccc(-n4c5ccccc5c5ccccc54)cc3)c3cccc4oc5ccccc5c34)c2)cc1. The van der Waals surface area contributed by atoms with Crippen LogP contribution in [-0.4, -0.2) is 4.57 Å². The van der Waals surface area contributed by atoms with Crippen LogP contribution in [0.4, 0.5) is 17.1 Å². The summed E-state index contributed by atoms with van der Waals surface area (Å²) in [6, 6.07) is 69.2. The van der Waals surface area contributed by atoms with E-state index in [9.17, 15) is 0 Å². The molecule has 10 rings (SSSR count). The Balaban J connectivity index is 1.22. The van der Waals surface area contributed by atoms with E-state index >= 15 is 0 Å². The van der Waals surface area contributed by atoms with Gasteiger partial charge in [0.1, 0.15) is 11.2 Å². The standard InChI is InChI=1S/C48H32N2O/c1-3-14-33(15-4-1)35-30-36(34-16-5-2-6-17-34)32-39(31-35)49(45-23-13-25-47-48(45)42-20-9-12-24-46(42)51-47)37-26-28-38(29-27-37)50-43-21-10-7-18-40(43)41-19-8-11-22-44(41)50/h1-32H. The number of furan rings is 1. The van der Waals surface area contributed by atoms with Crippen LogP contribution in [0.1, 0.15) is 0 Å². The van der Waals surface area contributed by atoms with Crippen molar-refractivity contribution in [2.75, 3.05) is 4.90 Å². The van der Waals surface area contributed by atoms with Crippen LogP contribution in [0.3, 0.4) is 0 Å². The molecule has 0 saturated heterocycles. The van der Waals surface area contributed by atoms with Crippen molar-refractivity contribution in [1.29, 1.82) is 0 Å². The molecule has 0 aliphatic rings. The van der Waals surface area contributed by atoms with E-state index in [1.165, 1.54) is 32.9 Å². The van der Waals surface area contributed by atoms with E-state index in [0.717, 1.165) is 55.8 Å². The van der Waals surface area contributed by atoms with Crippen LogP contribution in [0.5, 0.6) is 0 Å². The molecule has 240 valence electrons. The lowest BCUT2D eigenvalue weighted by atomic mass is 9.97. The molecule has 0 amide bonds. The van der Waals surface area contributed by atoms with E-state index in [1.807, 2.05) is 12.1 Å². The number of rotatable bonds is 6. The monoisotopic (exact) mass is 652 g/mol. The maximum atomic E-state index is 6.42. The minimum absolute atomic E-state index is 0.864. The maximum absolute atomic E-state index is 6.42. The zero-order valence-electron chi connectivity index (χ0n) is 27.8. The Morgan fingerprint density at radius 3 is 1.53 bits per heavy atom. The first-order valence-corrected chi connectivity index (χ1v) is 17.4. The largest absolute Gasteiger partial charge is 0.456 e. The second-order valence-electron chi connectivity index (χ2n) is 13.0. The first-order chi connectivity index (χ1) is 25.3. The van der Waals surface area contributed by atoms with Gasteiger partial charge >= 0.3 is 0 Å². The van der Waals surface area contributed by atoms with Gasteiger partial charge in [0, 0.05) is 33.2 Å². The number of fused-ring (bicyclic) bond motifs is 6. The van der Waals surface area contributed by atoms with Crippen molar-refractivity contribution < 1.29 is 4.42 Å². The topological polar surface area (TPSA) is 21.3 Å². The van der Waals surface area contributed by atoms with Gasteiger partial charge in [-0.05, 0) is 95.1 Å². The van der Waals surface area contributed by atoms with Gasteiger partial charge < -0.3 is 13.9 Å². The minimum Gasteiger partial charge on any atom is -0.456 e. The molecule has 0 saturated carbocycles. The smallest absolute Gasteiger partial charge is 0.137 e. The van der Waals surface area contributed by atoms with Crippen molar-refractivity contribution in [3.05, 3.63) is 194 Å². The molecule has 0 spiro atoms. The van der Waals surface area contributed by atoms with Gasteiger partial charge in [-0.2, -0.15) is 0 Å². The first kappa shape index (κ1) is 29.1. The first-order valence-electron chi connectivity index (χ1n) is 17.4. The number of para-hydroxylation sites is 3. The predicted octanol–water partition coefficient (Wildman–Crippen LogP) is 13.5. The molecule has 0 atom stereocenters. The van der Waals surface area contributed by atoms with Gasteiger partial charge in [0.2, 0.25) is 0 Å². The molecular weight excluding hydrogens is 621 g/mol. The molecule has 10 aromatic rings. The Labute approximate surface area is 295 Å². The third-order valence-corrected chi connectivity index (χ3v) is 9.96. The van der Waals surface area contributed by atoms with Gasteiger partial charge in [0.15, 0.2) is 0 Å². The zero-order chi connectivity index (χ0) is 33.7. The lowest BCUT2D eigenvalue weighted by Gasteiger charge is -2.28. The van der Waals surface area contributed by atoms with Gasteiger partial charge in [-0.3, -0.25) is 0 Å². The summed E-state index contributed by atoms with van der Waals surface area (Å²) < 4.78 is 8.79. The molecule has 2 aromatic heterocycles. The van der Waals surface area contributed by atoms with E-state index in [4.69, 9.17) is 4.42 Å². The quantitative estimate of drug-likeness (QED) is 0.178. The van der Waals surface area contributed by atoms with Crippen LogP contribution in [0.2, 0.25) is 0 Å². The van der Waals surface area contributed by atoms with Gasteiger partial charge in [0.25, 0.3) is 0 Å². The van der Waals surface area contributed by atoms with Gasteiger partial charge in [-0.15, -0.1) is 0 Å². The summed E-state index contributed by atoms with van der Waals surface area (Å²) in [5, 5.41) is 4.69. The van der Waals surface area contributed by atoms with E-state index in [1.54, 1.807) is 0 Å². The Bertz CT molecular complexity index is 2740. The van der Waals surface area contributed by atoms with Crippen molar-refractivity contribution in [2.45, 2.75) is 0 Å². The third-order valence-electron chi connectivity index (χ3n) is 9.96. The summed E-state index contributed by atoms with van der Waals surface area (Å²) in [5.74, 6) is 0. The molecular formula is C48H32N2O. The Hall–Kier alpha value is -6.84. The molecule has 2 heterocycles. The number of anilines is 3. The molecule has 8 aromatic carbocycles. The van der Waals surface area contributed by atoms with E-state index in [0.29, 0.717) is 0 Å². The van der Waals surface area contributed by atoms with Gasteiger partial charge in [-0.1, -0.05) is 121 Å². The number of nitrogens with zero attached hydrogens (tertiary/aromatic N) is 2. The third kappa shape index (κ3) is 4.90. The Morgan fingerprint density at radius 1 is 0.373 bits per heavy atom. The molecule has 51 heavy (non-hydrogen) atoms. The zero-order valence-corrected chi connectivity index (χ0v) is 27.8. The van der Waals surface area contributed by atoms with E-state index in [-0.39, 0.29) is 0 Å². The summed E-state index contributed by atoms with van der Waals surface area (Å²) >= 11 is 0. The highest BCUT2D eigenvalue weighted by molar-refractivity contribution is 6.13. The fourth-order valence-electron chi connectivity index (χ4n) is 7.66.